The maximum absolute atomic E-state index is 11.4. The van der Waals surface area contributed by atoms with Gasteiger partial charge in [-0.2, -0.15) is 0 Å². The molecule has 0 aromatic heterocycles. The highest BCUT2D eigenvalue weighted by atomic mass is 16.5. The van der Waals surface area contributed by atoms with Crippen molar-refractivity contribution in [2.24, 2.45) is 5.92 Å². The molecule has 0 saturated carbocycles. The van der Waals surface area contributed by atoms with Crippen LogP contribution in [0.25, 0.3) is 0 Å². The van der Waals surface area contributed by atoms with Gasteiger partial charge in [0.25, 0.3) is 5.91 Å². The Bertz CT molecular complexity index is 472. The Morgan fingerprint density at radius 1 is 1.42 bits per heavy atom. The van der Waals surface area contributed by atoms with Gasteiger partial charge in [0.15, 0.2) is 6.61 Å². The van der Waals surface area contributed by atoms with Crippen LogP contribution in [-0.4, -0.2) is 30.1 Å². The summed E-state index contributed by atoms with van der Waals surface area (Å²) in [6, 6.07) is 4.11. The molecule has 0 aliphatic rings. The van der Waals surface area contributed by atoms with Crippen LogP contribution in [-0.2, 0) is 4.79 Å². The molecule has 4 N–H and O–H groups in total. The van der Waals surface area contributed by atoms with E-state index in [4.69, 9.17) is 15.6 Å². The number of rotatable bonds is 6. The van der Waals surface area contributed by atoms with Crippen LogP contribution in [0.15, 0.2) is 18.2 Å². The van der Waals surface area contributed by atoms with E-state index in [1.165, 1.54) is 18.2 Å². The number of benzene rings is 1. The van der Waals surface area contributed by atoms with Crippen LogP contribution < -0.4 is 15.8 Å². The Morgan fingerprint density at radius 2 is 2.11 bits per heavy atom. The minimum Gasteiger partial charge on any atom is -0.482 e. The lowest BCUT2D eigenvalue weighted by molar-refractivity contribution is -0.123. The second-order valence-electron chi connectivity index (χ2n) is 4.54. The van der Waals surface area contributed by atoms with E-state index in [1.807, 2.05) is 13.8 Å². The molecule has 1 rings (SSSR count). The molecule has 0 aliphatic carbocycles. The highest BCUT2D eigenvalue weighted by Crippen LogP contribution is 2.22. The fourth-order valence-corrected chi connectivity index (χ4v) is 1.33. The van der Waals surface area contributed by atoms with Crippen molar-refractivity contribution in [2.45, 2.75) is 13.8 Å². The molecule has 0 saturated heterocycles. The molecular formula is C13H18N2O4. The summed E-state index contributed by atoms with van der Waals surface area (Å²) in [5, 5.41) is 11.5. The molecule has 1 aromatic rings. The number of hydrogen-bond acceptors (Lipinski definition) is 4. The van der Waals surface area contributed by atoms with Gasteiger partial charge in [-0.3, -0.25) is 4.79 Å². The number of ether oxygens (including phenoxy) is 1. The minimum absolute atomic E-state index is 0.0779. The number of nitrogens with one attached hydrogen (secondary N) is 1. The quantitative estimate of drug-likeness (QED) is 0.670. The monoisotopic (exact) mass is 266 g/mol. The number of carbonyl (C=O) groups is 2. The lowest BCUT2D eigenvalue weighted by Crippen LogP contribution is -2.31. The number of anilines is 1. The summed E-state index contributed by atoms with van der Waals surface area (Å²) in [5.41, 5.74) is 5.92. The van der Waals surface area contributed by atoms with Crippen molar-refractivity contribution in [3.05, 3.63) is 23.8 Å². The molecule has 0 heterocycles. The largest absolute Gasteiger partial charge is 0.482 e. The molecule has 1 aromatic carbocycles. The fraction of sp³-hybridized carbons (Fsp3) is 0.385. The Kier molecular flexibility index (Phi) is 5.17. The second-order valence-corrected chi connectivity index (χ2v) is 4.54. The van der Waals surface area contributed by atoms with Gasteiger partial charge in [-0.25, -0.2) is 4.79 Å². The van der Waals surface area contributed by atoms with Gasteiger partial charge >= 0.3 is 5.97 Å². The number of amides is 1. The molecule has 0 atom stereocenters. The first kappa shape index (κ1) is 14.8. The number of nitrogens with two attached hydrogens (primary N) is 1. The van der Waals surface area contributed by atoms with E-state index in [0.717, 1.165) is 0 Å². The van der Waals surface area contributed by atoms with Crippen LogP contribution in [0.1, 0.15) is 24.2 Å². The SMILES string of the molecule is CC(C)CNC(=O)COc1ccc(C(=O)O)cc1N. The molecule has 0 spiro atoms. The average molecular weight is 266 g/mol. The van der Waals surface area contributed by atoms with Gasteiger partial charge in [0.1, 0.15) is 5.75 Å². The van der Waals surface area contributed by atoms with Crippen molar-refractivity contribution in [3.8, 4) is 5.75 Å². The maximum Gasteiger partial charge on any atom is 0.335 e. The minimum atomic E-state index is -1.06. The lowest BCUT2D eigenvalue weighted by Gasteiger charge is -2.10. The van der Waals surface area contributed by atoms with Crippen molar-refractivity contribution < 1.29 is 19.4 Å². The Morgan fingerprint density at radius 3 is 2.63 bits per heavy atom. The van der Waals surface area contributed by atoms with E-state index in [2.05, 4.69) is 5.32 Å². The predicted octanol–water partition coefficient (Wildman–Crippen LogP) is 1.12. The van der Waals surface area contributed by atoms with Crippen LogP contribution >= 0.6 is 0 Å². The van der Waals surface area contributed by atoms with E-state index < -0.39 is 5.97 Å². The van der Waals surface area contributed by atoms with E-state index in [-0.39, 0.29) is 23.8 Å². The van der Waals surface area contributed by atoms with E-state index in [1.54, 1.807) is 0 Å². The summed E-state index contributed by atoms with van der Waals surface area (Å²) in [4.78, 5) is 22.2. The average Bonchev–Trinajstić information content (AvgIpc) is 2.34. The third-order valence-electron chi connectivity index (χ3n) is 2.32. The number of carboxylic acids is 1. The fourth-order valence-electron chi connectivity index (χ4n) is 1.33. The second kappa shape index (κ2) is 6.63. The summed E-state index contributed by atoms with van der Waals surface area (Å²) < 4.78 is 5.24. The molecule has 19 heavy (non-hydrogen) atoms. The number of carbonyl (C=O) groups excluding carboxylic acids is 1. The summed E-state index contributed by atoms with van der Waals surface area (Å²) in [6.07, 6.45) is 0. The van der Waals surface area contributed by atoms with Gasteiger partial charge in [-0.1, -0.05) is 13.8 Å². The van der Waals surface area contributed by atoms with Crippen molar-refractivity contribution in [3.63, 3.8) is 0 Å². The predicted molar refractivity (Wildman–Crippen MR) is 71.2 cm³/mol. The summed E-state index contributed by atoms with van der Waals surface area (Å²) in [5.74, 6) is -0.642. The third kappa shape index (κ3) is 4.87. The smallest absolute Gasteiger partial charge is 0.335 e. The molecule has 1 amide bonds. The van der Waals surface area contributed by atoms with Crippen LogP contribution in [0.2, 0.25) is 0 Å². The highest BCUT2D eigenvalue weighted by molar-refractivity contribution is 5.89. The molecule has 0 unspecified atom stereocenters. The number of hydrogen-bond donors (Lipinski definition) is 3. The summed E-state index contributed by atoms with van der Waals surface area (Å²) >= 11 is 0. The van der Waals surface area contributed by atoms with Crippen molar-refractivity contribution in [2.75, 3.05) is 18.9 Å². The number of carboxylic acid groups (broad SMARTS) is 1. The molecule has 0 aliphatic heterocycles. The molecule has 0 fully saturated rings. The van der Waals surface area contributed by atoms with Gasteiger partial charge < -0.3 is 20.9 Å². The van der Waals surface area contributed by atoms with Crippen molar-refractivity contribution in [1.29, 1.82) is 0 Å². The first-order valence-corrected chi connectivity index (χ1v) is 5.92. The molecule has 104 valence electrons. The highest BCUT2D eigenvalue weighted by Gasteiger charge is 2.09. The van der Waals surface area contributed by atoms with Crippen LogP contribution in [0.3, 0.4) is 0 Å². The standard InChI is InChI=1S/C13H18N2O4/c1-8(2)6-15-12(16)7-19-11-4-3-9(13(17)18)5-10(11)14/h3-5,8H,6-7,14H2,1-2H3,(H,15,16)(H,17,18). The third-order valence-corrected chi connectivity index (χ3v) is 2.32. The Balaban J connectivity index is 2.54. The molecular weight excluding hydrogens is 248 g/mol. The maximum atomic E-state index is 11.4. The summed E-state index contributed by atoms with van der Waals surface area (Å²) in [7, 11) is 0. The van der Waals surface area contributed by atoms with Crippen LogP contribution in [0.4, 0.5) is 5.69 Å². The molecule has 6 nitrogen and oxygen atoms in total. The zero-order valence-corrected chi connectivity index (χ0v) is 11.0. The van der Waals surface area contributed by atoms with Gasteiger partial charge in [0.2, 0.25) is 0 Å². The topological polar surface area (TPSA) is 102 Å². The van der Waals surface area contributed by atoms with Crippen molar-refractivity contribution >= 4 is 17.6 Å². The molecule has 0 radical (unpaired) electrons. The first-order chi connectivity index (χ1) is 8.90. The molecule has 6 heteroatoms. The number of aromatic carboxylic acids is 1. The zero-order chi connectivity index (χ0) is 14.4. The summed E-state index contributed by atoms with van der Waals surface area (Å²) in [6.45, 7) is 4.41. The van der Waals surface area contributed by atoms with Gasteiger partial charge in [-0.15, -0.1) is 0 Å². The van der Waals surface area contributed by atoms with E-state index in [0.29, 0.717) is 18.2 Å². The van der Waals surface area contributed by atoms with Gasteiger partial charge in [0, 0.05) is 6.54 Å². The lowest BCUT2D eigenvalue weighted by atomic mass is 10.2. The van der Waals surface area contributed by atoms with Crippen LogP contribution in [0, 0.1) is 5.92 Å². The van der Waals surface area contributed by atoms with E-state index >= 15 is 0 Å². The van der Waals surface area contributed by atoms with Gasteiger partial charge in [0.05, 0.1) is 11.3 Å². The Hall–Kier alpha value is -2.24. The molecule has 0 bridgehead atoms. The first-order valence-electron chi connectivity index (χ1n) is 5.92. The number of nitrogen functional groups attached to an aromatic ring is 1. The van der Waals surface area contributed by atoms with Gasteiger partial charge in [-0.05, 0) is 24.1 Å². The Labute approximate surface area is 111 Å². The normalized spacial score (nSPS) is 10.3. The van der Waals surface area contributed by atoms with Crippen molar-refractivity contribution in [1.82, 2.24) is 5.32 Å². The zero-order valence-electron chi connectivity index (χ0n) is 11.0. The van der Waals surface area contributed by atoms with E-state index in [9.17, 15) is 9.59 Å². The van der Waals surface area contributed by atoms with Crippen LogP contribution in [0.5, 0.6) is 5.75 Å².